The van der Waals surface area contributed by atoms with Crippen molar-refractivity contribution in [3.05, 3.63) is 51.2 Å². The van der Waals surface area contributed by atoms with Crippen molar-refractivity contribution < 1.29 is 19.0 Å². The third kappa shape index (κ3) is 3.36. The molecule has 0 spiro atoms. The summed E-state index contributed by atoms with van der Waals surface area (Å²) in [7, 11) is 1.48. The number of hydrogen-bond acceptors (Lipinski definition) is 4. The quantitative estimate of drug-likeness (QED) is 0.915. The summed E-state index contributed by atoms with van der Waals surface area (Å²) in [6.07, 6.45) is 0.409. The molecule has 2 rings (SSSR count). The van der Waals surface area contributed by atoms with Crippen LogP contribution in [0.15, 0.2) is 24.3 Å². The summed E-state index contributed by atoms with van der Waals surface area (Å²) in [5.41, 5.74) is 1.17. The number of carboxylic acid groups (broad SMARTS) is 1. The molecule has 0 bridgehead atoms. The summed E-state index contributed by atoms with van der Waals surface area (Å²) < 4.78 is 18.0. The number of ether oxygens (including phenoxy) is 1. The lowest BCUT2D eigenvalue weighted by Crippen LogP contribution is -1.99. The Morgan fingerprint density at radius 3 is 2.95 bits per heavy atom. The number of thiazole rings is 1. The van der Waals surface area contributed by atoms with E-state index in [0.717, 1.165) is 16.9 Å². The van der Waals surface area contributed by atoms with Crippen LogP contribution in [-0.4, -0.2) is 23.2 Å². The molecule has 0 fully saturated rings. The van der Waals surface area contributed by atoms with Gasteiger partial charge in [-0.2, -0.15) is 0 Å². The van der Waals surface area contributed by atoms with Crippen molar-refractivity contribution in [2.45, 2.75) is 13.0 Å². The summed E-state index contributed by atoms with van der Waals surface area (Å²) in [4.78, 5) is 15.5. The molecule has 0 amide bonds. The Morgan fingerprint density at radius 1 is 1.53 bits per heavy atom. The van der Waals surface area contributed by atoms with Gasteiger partial charge in [0.2, 0.25) is 0 Å². The zero-order valence-electron chi connectivity index (χ0n) is 10.2. The average molecular weight is 281 g/mol. The van der Waals surface area contributed by atoms with E-state index in [1.54, 1.807) is 12.1 Å². The van der Waals surface area contributed by atoms with Crippen LogP contribution in [0.3, 0.4) is 0 Å². The lowest BCUT2D eigenvalue weighted by Gasteiger charge is -1.97. The Kier molecular flexibility index (Phi) is 4.24. The fraction of sp³-hybridized carbons (Fsp3) is 0.231. The first-order valence-electron chi connectivity index (χ1n) is 5.55. The molecule has 0 aliphatic rings. The van der Waals surface area contributed by atoms with Crippen molar-refractivity contribution in [1.29, 1.82) is 0 Å². The molecule has 100 valence electrons. The SMILES string of the molecule is COCc1nc(Cc2cccc(F)c2)sc1C(=O)O. The second-order valence-corrected chi connectivity index (χ2v) is 5.01. The van der Waals surface area contributed by atoms with Gasteiger partial charge < -0.3 is 9.84 Å². The van der Waals surface area contributed by atoms with E-state index in [1.165, 1.54) is 19.2 Å². The van der Waals surface area contributed by atoms with Crippen LogP contribution >= 0.6 is 11.3 Å². The van der Waals surface area contributed by atoms with Crippen LogP contribution in [0.1, 0.15) is 25.9 Å². The number of rotatable bonds is 5. The highest BCUT2D eigenvalue weighted by Gasteiger charge is 2.17. The van der Waals surface area contributed by atoms with Gasteiger partial charge in [0.15, 0.2) is 0 Å². The van der Waals surface area contributed by atoms with E-state index in [4.69, 9.17) is 9.84 Å². The van der Waals surface area contributed by atoms with Crippen molar-refractivity contribution in [1.82, 2.24) is 4.98 Å². The Bertz CT molecular complexity index is 597. The van der Waals surface area contributed by atoms with E-state index in [1.807, 2.05) is 0 Å². The summed E-state index contributed by atoms with van der Waals surface area (Å²) in [6.45, 7) is 0.154. The van der Waals surface area contributed by atoms with E-state index in [9.17, 15) is 9.18 Å². The van der Waals surface area contributed by atoms with Crippen molar-refractivity contribution in [2.75, 3.05) is 7.11 Å². The highest BCUT2D eigenvalue weighted by molar-refractivity contribution is 7.13. The number of aromatic nitrogens is 1. The second-order valence-electron chi connectivity index (χ2n) is 3.93. The van der Waals surface area contributed by atoms with Crippen LogP contribution < -0.4 is 0 Å². The lowest BCUT2D eigenvalue weighted by molar-refractivity contribution is 0.0697. The smallest absolute Gasteiger partial charge is 0.347 e. The van der Waals surface area contributed by atoms with Crippen LogP contribution in [0.2, 0.25) is 0 Å². The third-order valence-electron chi connectivity index (χ3n) is 2.46. The zero-order valence-corrected chi connectivity index (χ0v) is 11.0. The standard InChI is InChI=1S/C13H12FNO3S/c1-18-7-10-12(13(16)17)19-11(15-10)6-8-3-2-4-9(14)5-8/h2-5H,6-7H2,1H3,(H,16,17). The Labute approximate surface area is 113 Å². The maximum absolute atomic E-state index is 13.1. The first kappa shape index (κ1) is 13.6. The summed E-state index contributed by atoms with van der Waals surface area (Å²) in [5.74, 6) is -1.33. The number of nitrogens with zero attached hydrogens (tertiary/aromatic N) is 1. The zero-order chi connectivity index (χ0) is 13.8. The minimum Gasteiger partial charge on any atom is -0.477 e. The third-order valence-corrected chi connectivity index (χ3v) is 3.55. The van der Waals surface area contributed by atoms with Crippen LogP contribution in [0, 0.1) is 5.82 Å². The maximum atomic E-state index is 13.1. The summed E-state index contributed by atoms with van der Waals surface area (Å²) in [5, 5.41) is 9.70. The molecule has 6 heteroatoms. The van der Waals surface area contributed by atoms with E-state index in [0.29, 0.717) is 17.1 Å². The molecule has 19 heavy (non-hydrogen) atoms. The van der Waals surface area contributed by atoms with Gasteiger partial charge in [-0.25, -0.2) is 14.2 Å². The highest BCUT2D eigenvalue weighted by Crippen LogP contribution is 2.22. The number of halogens is 1. The molecule has 0 saturated carbocycles. The largest absolute Gasteiger partial charge is 0.477 e. The fourth-order valence-corrected chi connectivity index (χ4v) is 2.64. The number of hydrogen-bond donors (Lipinski definition) is 1. The molecule has 1 aromatic heterocycles. The normalized spacial score (nSPS) is 10.6. The first-order valence-corrected chi connectivity index (χ1v) is 6.37. The van der Waals surface area contributed by atoms with Gasteiger partial charge in [-0.05, 0) is 17.7 Å². The predicted molar refractivity (Wildman–Crippen MR) is 69.0 cm³/mol. The van der Waals surface area contributed by atoms with Crippen LogP contribution in [0.5, 0.6) is 0 Å². The van der Waals surface area contributed by atoms with Crippen molar-refractivity contribution >= 4 is 17.3 Å². The molecule has 1 heterocycles. The molecular formula is C13H12FNO3S. The molecule has 0 aliphatic heterocycles. The summed E-state index contributed by atoms with van der Waals surface area (Å²) >= 11 is 1.10. The van der Waals surface area contributed by atoms with Gasteiger partial charge >= 0.3 is 5.97 Å². The molecule has 4 nitrogen and oxygen atoms in total. The molecule has 0 unspecified atom stereocenters. The number of methoxy groups -OCH3 is 1. The van der Waals surface area contributed by atoms with Gasteiger partial charge in [0.1, 0.15) is 10.7 Å². The molecule has 0 saturated heterocycles. The predicted octanol–water partition coefficient (Wildman–Crippen LogP) is 2.72. The fourth-order valence-electron chi connectivity index (χ4n) is 1.70. The second kappa shape index (κ2) is 5.90. The molecule has 1 aromatic carbocycles. The molecule has 0 atom stereocenters. The first-order chi connectivity index (χ1) is 9.10. The van der Waals surface area contributed by atoms with E-state index >= 15 is 0 Å². The molecule has 0 aliphatic carbocycles. The van der Waals surface area contributed by atoms with Gasteiger partial charge in [-0.15, -0.1) is 11.3 Å². The number of aromatic carboxylic acids is 1. The van der Waals surface area contributed by atoms with Gasteiger partial charge in [0, 0.05) is 13.5 Å². The topological polar surface area (TPSA) is 59.4 Å². The van der Waals surface area contributed by atoms with E-state index in [-0.39, 0.29) is 17.3 Å². The van der Waals surface area contributed by atoms with Gasteiger partial charge in [-0.3, -0.25) is 0 Å². The monoisotopic (exact) mass is 281 g/mol. The number of benzene rings is 1. The van der Waals surface area contributed by atoms with Crippen LogP contribution in [0.4, 0.5) is 4.39 Å². The molecule has 2 aromatic rings. The minimum atomic E-state index is -1.02. The Hall–Kier alpha value is -1.79. The molecule has 1 N–H and O–H groups in total. The Balaban J connectivity index is 2.25. The summed E-state index contributed by atoms with van der Waals surface area (Å²) in [6, 6.07) is 6.18. The van der Waals surface area contributed by atoms with Crippen LogP contribution in [-0.2, 0) is 17.8 Å². The van der Waals surface area contributed by atoms with Crippen LogP contribution in [0.25, 0.3) is 0 Å². The maximum Gasteiger partial charge on any atom is 0.347 e. The molecular weight excluding hydrogens is 269 g/mol. The van der Waals surface area contributed by atoms with E-state index < -0.39 is 5.97 Å². The van der Waals surface area contributed by atoms with Crippen molar-refractivity contribution in [3.63, 3.8) is 0 Å². The van der Waals surface area contributed by atoms with Crippen molar-refractivity contribution in [2.24, 2.45) is 0 Å². The van der Waals surface area contributed by atoms with Crippen molar-refractivity contribution in [3.8, 4) is 0 Å². The van der Waals surface area contributed by atoms with Gasteiger partial charge in [0.05, 0.1) is 17.3 Å². The number of carbonyl (C=O) groups is 1. The van der Waals surface area contributed by atoms with Gasteiger partial charge in [0.25, 0.3) is 0 Å². The van der Waals surface area contributed by atoms with Gasteiger partial charge in [-0.1, -0.05) is 12.1 Å². The Morgan fingerprint density at radius 2 is 2.32 bits per heavy atom. The number of carboxylic acids is 1. The lowest BCUT2D eigenvalue weighted by atomic mass is 10.1. The average Bonchev–Trinajstić information content (AvgIpc) is 2.73. The van der Waals surface area contributed by atoms with E-state index in [2.05, 4.69) is 4.98 Å². The molecule has 0 radical (unpaired) electrons. The highest BCUT2D eigenvalue weighted by atomic mass is 32.1. The minimum absolute atomic E-state index is 0.154.